The monoisotopic (exact) mass is 304 g/mol. The van der Waals surface area contributed by atoms with Crippen molar-refractivity contribution in [2.75, 3.05) is 0 Å². The van der Waals surface area contributed by atoms with Crippen LogP contribution in [0.15, 0.2) is 30.5 Å². The summed E-state index contributed by atoms with van der Waals surface area (Å²) in [6.07, 6.45) is 1.57. The minimum Gasteiger partial charge on any atom is -0.439 e. The number of benzene rings is 1. The summed E-state index contributed by atoms with van der Waals surface area (Å²) in [7, 11) is 0. The first-order chi connectivity index (χ1) is 9.81. The molecular formula is C17H21ClN2O. The lowest BCUT2D eigenvalue weighted by Gasteiger charge is -2.20. The molecule has 1 aromatic heterocycles. The molecule has 1 aromatic carbocycles. The number of halogens is 1. The van der Waals surface area contributed by atoms with E-state index >= 15 is 0 Å². The quantitative estimate of drug-likeness (QED) is 0.902. The number of rotatable bonds is 3. The Kier molecular flexibility index (Phi) is 4.55. The van der Waals surface area contributed by atoms with Gasteiger partial charge < -0.3 is 10.5 Å². The number of nitrogens with zero attached hydrogens (tertiary/aromatic N) is 1. The molecule has 21 heavy (non-hydrogen) atoms. The van der Waals surface area contributed by atoms with E-state index in [1.807, 2.05) is 13.0 Å². The van der Waals surface area contributed by atoms with Crippen LogP contribution in [-0.2, 0) is 12.0 Å². The van der Waals surface area contributed by atoms with Crippen molar-refractivity contribution in [1.29, 1.82) is 0 Å². The van der Waals surface area contributed by atoms with Gasteiger partial charge in [0.2, 0.25) is 5.88 Å². The van der Waals surface area contributed by atoms with E-state index in [1.165, 1.54) is 5.56 Å². The molecule has 0 saturated carbocycles. The van der Waals surface area contributed by atoms with E-state index in [2.05, 4.69) is 37.9 Å². The van der Waals surface area contributed by atoms with Crippen LogP contribution < -0.4 is 10.5 Å². The van der Waals surface area contributed by atoms with Gasteiger partial charge in [-0.1, -0.05) is 44.5 Å². The fraction of sp³-hybridized carbons (Fsp3) is 0.353. The lowest BCUT2D eigenvalue weighted by molar-refractivity contribution is 0.457. The molecule has 0 spiro atoms. The molecule has 4 heteroatoms. The molecule has 0 aliphatic carbocycles. The van der Waals surface area contributed by atoms with Gasteiger partial charge in [-0.3, -0.25) is 0 Å². The second-order valence-corrected chi connectivity index (χ2v) is 6.56. The fourth-order valence-corrected chi connectivity index (χ4v) is 2.19. The second-order valence-electron chi connectivity index (χ2n) is 6.15. The van der Waals surface area contributed by atoms with Gasteiger partial charge in [0, 0.05) is 18.8 Å². The number of pyridine rings is 1. The SMILES string of the molecule is Cc1cc(C(C)(C)C)ccc1Oc1cc(CN)c(Cl)cn1. The van der Waals surface area contributed by atoms with Crippen molar-refractivity contribution < 1.29 is 4.74 Å². The Labute approximate surface area is 131 Å². The molecular weight excluding hydrogens is 284 g/mol. The second kappa shape index (κ2) is 6.04. The lowest BCUT2D eigenvalue weighted by atomic mass is 9.86. The first kappa shape index (κ1) is 15.8. The Hall–Kier alpha value is -1.58. The summed E-state index contributed by atoms with van der Waals surface area (Å²) in [5, 5.41) is 0.560. The number of aromatic nitrogens is 1. The van der Waals surface area contributed by atoms with Crippen molar-refractivity contribution in [2.24, 2.45) is 5.73 Å². The zero-order valence-corrected chi connectivity index (χ0v) is 13.7. The maximum absolute atomic E-state index is 6.00. The molecule has 0 bridgehead atoms. The van der Waals surface area contributed by atoms with Crippen molar-refractivity contribution in [3.8, 4) is 11.6 Å². The predicted octanol–water partition coefficient (Wildman–Crippen LogP) is 4.59. The van der Waals surface area contributed by atoms with Gasteiger partial charge in [0.25, 0.3) is 0 Å². The Morgan fingerprint density at radius 1 is 1.24 bits per heavy atom. The van der Waals surface area contributed by atoms with Crippen LogP contribution in [0.4, 0.5) is 0 Å². The van der Waals surface area contributed by atoms with E-state index in [-0.39, 0.29) is 5.41 Å². The van der Waals surface area contributed by atoms with Crippen LogP contribution in [-0.4, -0.2) is 4.98 Å². The van der Waals surface area contributed by atoms with Crippen LogP contribution in [0, 0.1) is 6.92 Å². The summed E-state index contributed by atoms with van der Waals surface area (Å²) < 4.78 is 5.85. The first-order valence-corrected chi connectivity index (χ1v) is 7.32. The van der Waals surface area contributed by atoms with E-state index in [0.717, 1.165) is 16.9 Å². The summed E-state index contributed by atoms with van der Waals surface area (Å²) >= 11 is 6.00. The van der Waals surface area contributed by atoms with E-state index in [1.54, 1.807) is 12.3 Å². The van der Waals surface area contributed by atoms with Gasteiger partial charge in [-0.25, -0.2) is 4.98 Å². The highest BCUT2D eigenvalue weighted by Gasteiger charge is 2.15. The first-order valence-electron chi connectivity index (χ1n) is 6.94. The third-order valence-electron chi connectivity index (χ3n) is 3.39. The van der Waals surface area contributed by atoms with Gasteiger partial charge in [0.05, 0.1) is 5.02 Å². The molecule has 3 nitrogen and oxygen atoms in total. The lowest BCUT2D eigenvalue weighted by Crippen LogP contribution is -2.11. The Morgan fingerprint density at radius 2 is 1.95 bits per heavy atom. The molecule has 0 atom stereocenters. The number of ether oxygens (including phenoxy) is 1. The van der Waals surface area contributed by atoms with E-state index in [4.69, 9.17) is 22.1 Å². The Balaban J connectivity index is 2.28. The molecule has 2 rings (SSSR count). The third-order valence-corrected chi connectivity index (χ3v) is 3.73. The summed E-state index contributed by atoms with van der Waals surface area (Å²) in [5.74, 6) is 1.30. The van der Waals surface area contributed by atoms with Crippen LogP contribution in [0.1, 0.15) is 37.5 Å². The van der Waals surface area contributed by atoms with Crippen LogP contribution >= 0.6 is 11.6 Å². The van der Waals surface area contributed by atoms with Gasteiger partial charge in [0.1, 0.15) is 5.75 Å². The fourth-order valence-electron chi connectivity index (χ4n) is 2.01. The highest BCUT2D eigenvalue weighted by molar-refractivity contribution is 6.31. The van der Waals surface area contributed by atoms with Crippen LogP contribution in [0.2, 0.25) is 5.02 Å². The summed E-state index contributed by atoms with van der Waals surface area (Å²) in [4.78, 5) is 4.18. The molecule has 0 saturated heterocycles. The van der Waals surface area contributed by atoms with Crippen molar-refractivity contribution in [1.82, 2.24) is 4.98 Å². The average molecular weight is 305 g/mol. The summed E-state index contributed by atoms with van der Waals surface area (Å²) in [6.45, 7) is 8.97. The number of hydrogen-bond acceptors (Lipinski definition) is 3. The van der Waals surface area contributed by atoms with Gasteiger partial charge >= 0.3 is 0 Å². The van der Waals surface area contributed by atoms with Crippen LogP contribution in [0.3, 0.4) is 0 Å². The molecule has 0 aliphatic heterocycles. The molecule has 2 aromatic rings. The minimum atomic E-state index is 0.120. The molecule has 0 unspecified atom stereocenters. The minimum absolute atomic E-state index is 0.120. The predicted molar refractivity (Wildman–Crippen MR) is 87.1 cm³/mol. The van der Waals surface area contributed by atoms with Crippen molar-refractivity contribution in [2.45, 2.75) is 39.7 Å². The number of nitrogens with two attached hydrogens (primary N) is 1. The average Bonchev–Trinajstić information content (AvgIpc) is 2.42. The maximum atomic E-state index is 6.00. The van der Waals surface area contributed by atoms with Crippen LogP contribution in [0.5, 0.6) is 11.6 Å². The molecule has 0 fully saturated rings. The van der Waals surface area contributed by atoms with Gasteiger partial charge in [-0.2, -0.15) is 0 Å². The van der Waals surface area contributed by atoms with Gasteiger partial charge in [-0.15, -0.1) is 0 Å². The van der Waals surface area contributed by atoms with Gasteiger partial charge in [0.15, 0.2) is 0 Å². The van der Waals surface area contributed by atoms with E-state index in [9.17, 15) is 0 Å². The topological polar surface area (TPSA) is 48.1 Å². The maximum Gasteiger partial charge on any atom is 0.219 e. The molecule has 0 aliphatic rings. The molecule has 1 heterocycles. The summed E-state index contributed by atoms with van der Waals surface area (Å²) in [5.41, 5.74) is 8.94. The van der Waals surface area contributed by atoms with E-state index < -0.39 is 0 Å². The molecule has 0 amide bonds. The van der Waals surface area contributed by atoms with Crippen molar-refractivity contribution >= 4 is 11.6 Å². The molecule has 2 N–H and O–H groups in total. The molecule has 0 radical (unpaired) electrons. The standard InChI is InChI=1S/C17H21ClN2O/c1-11-7-13(17(2,3)4)5-6-15(11)21-16-8-12(9-19)14(18)10-20-16/h5-8,10H,9,19H2,1-4H3. The zero-order chi connectivity index (χ0) is 15.6. The van der Waals surface area contributed by atoms with Crippen molar-refractivity contribution in [3.05, 3.63) is 52.2 Å². The van der Waals surface area contributed by atoms with Crippen LogP contribution in [0.25, 0.3) is 0 Å². The number of aryl methyl sites for hydroxylation is 1. The highest BCUT2D eigenvalue weighted by Crippen LogP contribution is 2.30. The number of hydrogen-bond donors (Lipinski definition) is 1. The Morgan fingerprint density at radius 3 is 2.52 bits per heavy atom. The molecule has 112 valence electrons. The zero-order valence-electron chi connectivity index (χ0n) is 12.9. The van der Waals surface area contributed by atoms with E-state index in [0.29, 0.717) is 17.4 Å². The Bertz CT molecular complexity index is 648. The summed E-state index contributed by atoms with van der Waals surface area (Å²) in [6, 6.07) is 7.99. The normalized spacial score (nSPS) is 11.5. The van der Waals surface area contributed by atoms with Crippen molar-refractivity contribution in [3.63, 3.8) is 0 Å². The third kappa shape index (κ3) is 3.74. The largest absolute Gasteiger partial charge is 0.439 e. The smallest absolute Gasteiger partial charge is 0.219 e. The van der Waals surface area contributed by atoms with Gasteiger partial charge in [-0.05, 0) is 35.1 Å². The highest BCUT2D eigenvalue weighted by atomic mass is 35.5.